The van der Waals surface area contributed by atoms with E-state index in [4.69, 9.17) is 9.26 Å². The summed E-state index contributed by atoms with van der Waals surface area (Å²) in [7, 11) is 1.44. The van der Waals surface area contributed by atoms with Crippen molar-refractivity contribution in [2.45, 2.75) is 31.8 Å². The third-order valence-electron chi connectivity index (χ3n) is 3.77. The number of carbonyl (C=O) groups is 1. The number of esters is 1. The van der Waals surface area contributed by atoms with E-state index >= 15 is 0 Å². The lowest BCUT2D eigenvalue weighted by atomic mass is 10.0. The summed E-state index contributed by atoms with van der Waals surface area (Å²) in [4.78, 5) is 15.1. The number of methoxy groups -OCH3 is 1. The van der Waals surface area contributed by atoms with Crippen LogP contribution in [0.4, 0.5) is 0 Å². The third kappa shape index (κ3) is 3.16. The van der Waals surface area contributed by atoms with Crippen LogP contribution in [0.25, 0.3) is 10.6 Å². The average molecular weight is 306 g/mol. The van der Waals surface area contributed by atoms with Crippen LogP contribution in [0.1, 0.15) is 25.0 Å². The van der Waals surface area contributed by atoms with Crippen LogP contribution in [-0.2, 0) is 16.1 Å². The zero-order valence-electron chi connectivity index (χ0n) is 11.9. The molecule has 0 saturated carbocycles. The molecule has 1 saturated heterocycles. The first-order valence-electron chi connectivity index (χ1n) is 7.09. The Morgan fingerprint density at radius 1 is 1.57 bits per heavy atom. The van der Waals surface area contributed by atoms with Crippen molar-refractivity contribution in [1.82, 2.24) is 10.1 Å². The summed E-state index contributed by atoms with van der Waals surface area (Å²) < 4.78 is 10.3. The Morgan fingerprint density at radius 3 is 3.24 bits per heavy atom. The number of likely N-dealkylation sites (tertiary alicyclic amines) is 1. The maximum absolute atomic E-state index is 11.9. The second-order valence-electron chi connectivity index (χ2n) is 5.17. The summed E-state index contributed by atoms with van der Waals surface area (Å²) in [6.07, 6.45) is 3.01. The fourth-order valence-corrected chi connectivity index (χ4v) is 3.39. The number of rotatable bonds is 4. The Labute approximate surface area is 127 Å². The van der Waals surface area contributed by atoms with Gasteiger partial charge in [-0.25, -0.2) is 0 Å². The van der Waals surface area contributed by atoms with Crippen molar-refractivity contribution >= 4 is 17.3 Å². The summed E-state index contributed by atoms with van der Waals surface area (Å²) in [5.74, 6) is 0.628. The minimum atomic E-state index is -0.161. The van der Waals surface area contributed by atoms with Crippen molar-refractivity contribution in [3.63, 3.8) is 0 Å². The minimum absolute atomic E-state index is 0.156. The number of ether oxygens (including phenoxy) is 1. The topological polar surface area (TPSA) is 55.6 Å². The van der Waals surface area contributed by atoms with Crippen molar-refractivity contribution < 1.29 is 14.1 Å². The molecule has 21 heavy (non-hydrogen) atoms. The van der Waals surface area contributed by atoms with Gasteiger partial charge in [0.25, 0.3) is 0 Å². The van der Waals surface area contributed by atoms with Crippen molar-refractivity contribution in [1.29, 1.82) is 0 Å². The summed E-state index contributed by atoms with van der Waals surface area (Å²) >= 11 is 1.62. The van der Waals surface area contributed by atoms with E-state index < -0.39 is 0 Å². The van der Waals surface area contributed by atoms with Gasteiger partial charge in [-0.05, 0) is 30.8 Å². The highest BCUT2D eigenvalue weighted by Gasteiger charge is 2.30. The second kappa shape index (κ2) is 6.41. The van der Waals surface area contributed by atoms with E-state index in [2.05, 4.69) is 10.1 Å². The number of nitrogens with zero attached hydrogens (tertiary/aromatic N) is 2. The van der Waals surface area contributed by atoms with Crippen LogP contribution < -0.4 is 0 Å². The standard InChI is InChI=1S/C15H18N2O3S/c1-19-15(18)12-5-2-3-7-17(12)10-11-9-13(20-16-11)14-6-4-8-21-14/h4,6,8-9,12H,2-3,5,7,10H2,1H3. The quantitative estimate of drug-likeness (QED) is 0.813. The van der Waals surface area contributed by atoms with Crippen molar-refractivity contribution in [3.05, 3.63) is 29.3 Å². The molecule has 0 aliphatic carbocycles. The van der Waals surface area contributed by atoms with Gasteiger partial charge in [-0.2, -0.15) is 0 Å². The molecule has 0 N–H and O–H groups in total. The van der Waals surface area contributed by atoms with Gasteiger partial charge in [-0.15, -0.1) is 11.3 Å². The molecule has 1 atom stereocenters. The van der Waals surface area contributed by atoms with Crippen LogP contribution in [0.15, 0.2) is 28.1 Å². The first-order chi connectivity index (χ1) is 10.3. The fourth-order valence-electron chi connectivity index (χ4n) is 2.71. The molecule has 0 radical (unpaired) electrons. The van der Waals surface area contributed by atoms with E-state index in [0.29, 0.717) is 6.54 Å². The zero-order valence-corrected chi connectivity index (χ0v) is 12.8. The summed E-state index contributed by atoms with van der Waals surface area (Å²) in [5.41, 5.74) is 0.856. The SMILES string of the molecule is COC(=O)C1CCCCN1Cc1cc(-c2cccs2)on1. The third-order valence-corrected chi connectivity index (χ3v) is 4.66. The van der Waals surface area contributed by atoms with Crippen molar-refractivity contribution in [2.24, 2.45) is 0 Å². The molecule has 1 fully saturated rings. The molecule has 1 unspecified atom stereocenters. The molecular formula is C15H18N2O3S. The van der Waals surface area contributed by atoms with Gasteiger partial charge >= 0.3 is 5.97 Å². The van der Waals surface area contributed by atoms with Crippen LogP contribution in [0.3, 0.4) is 0 Å². The van der Waals surface area contributed by atoms with Crippen LogP contribution >= 0.6 is 11.3 Å². The summed E-state index contributed by atoms with van der Waals surface area (Å²) in [6, 6.07) is 5.78. The van der Waals surface area contributed by atoms with Crippen LogP contribution in [0.2, 0.25) is 0 Å². The first-order valence-corrected chi connectivity index (χ1v) is 7.97. The van der Waals surface area contributed by atoms with Crippen molar-refractivity contribution in [2.75, 3.05) is 13.7 Å². The zero-order chi connectivity index (χ0) is 14.7. The summed E-state index contributed by atoms with van der Waals surface area (Å²) in [6.45, 7) is 1.51. The number of aromatic nitrogens is 1. The minimum Gasteiger partial charge on any atom is -0.468 e. The number of thiophene rings is 1. The molecule has 0 aromatic carbocycles. The van der Waals surface area contributed by atoms with E-state index in [1.54, 1.807) is 11.3 Å². The molecule has 1 aliphatic rings. The summed E-state index contributed by atoms with van der Waals surface area (Å²) in [5, 5.41) is 6.13. The van der Waals surface area contributed by atoms with Gasteiger partial charge in [0.15, 0.2) is 5.76 Å². The molecule has 3 heterocycles. The highest BCUT2D eigenvalue weighted by Crippen LogP contribution is 2.26. The van der Waals surface area contributed by atoms with Gasteiger partial charge < -0.3 is 9.26 Å². The molecule has 1 aliphatic heterocycles. The Balaban J connectivity index is 1.71. The lowest BCUT2D eigenvalue weighted by Crippen LogP contribution is -2.44. The van der Waals surface area contributed by atoms with E-state index in [9.17, 15) is 4.79 Å². The van der Waals surface area contributed by atoms with E-state index in [0.717, 1.165) is 42.1 Å². The molecule has 6 heteroatoms. The molecule has 2 aromatic rings. The highest BCUT2D eigenvalue weighted by atomic mass is 32.1. The Hall–Kier alpha value is -1.66. The van der Waals surface area contributed by atoms with Gasteiger partial charge in [0.05, 0.1) is 17.7 Å². The lowest BCUT2D eigenvalue weighted by molar-refractivity contribution is -0.148. The van der Waals surface area contributed by atoms with Gasteiger partial charge in [-0.3, -0.25) is 9.69 Å². The van der Waals surface area contributed by atoms with Crippen LogP contribution in [0.5, 0.6) is 0 Å². The van der Waals surface area contributed by atoms with E-state index in [1.807, 2.05) is 23.6 Å². The Morgan fingerprint density at radius 2 is 2.48 bits per heavy atom. The fraction of sp³-hybridized carbons (Fsp3) is 0.467. The second-order valence-corrected chi connectivity index (χ2v) is 6.11. The molecular weight excluding hydrogens is 288 g/mol. The molecule has 2 aromatic heterocycles. The Kier molecular flexibility index (Phi) is 4.36. The largest absolute Gasteiger partial charge is 0.468 e. The normalized spacial score (nSPS) is 19.6. The van der Waals surface area contributed by atoms with E-state index in [-0.39, 0.29) is 12.0 Å². The monoisotopic (exact) mass is 306 g/mol. The molecule has 3 rings (SSSR count). The molecule has 0 bridgehead atoms. The molecule has 5 nitrogen and oxygen atoms in total. The number of hydrogen-bond acceptors (Lipinski definition) is 6. The molecule has 0 spiro atoms. The predicted octanol–water partition coefficient (Wildman–Crippen LogP) is 2.93. The number of carbonyl (C=O) groups excluding carboxylic acids is 1. The number of hydrogen-bond donors (Lipinski definition) is 0. The van der Waals surface area contributed by atoms with Gasteiger partial charge in [0.1, 0.15) is 6.04 Å². The maximum atomic E-state index is 11.9. The van der Waals surface area contributed by atoms with Crippen LogP contribution in [-0.4, -0.2) is 35.7 Å². The maximum Gasteiger partial charge on any atom is 0.323 e. The van der Waals surface area contributed by atoms with Gasteiger partial charge in [0, 0.05) is 12.6 Å². The Bertz CT molecular complexity index is 594. The van der Waals surface area contributed by atoms with Crippen molar-refractivity contribution in [3.8, 4) is 10.6 Å². The highest BCUT2D eigenvalue weighted by molar-refractivity contribution is 7.13. The van der Waals surface area contributed by atoms with Gasteiger partial charge in [-0.1, -0.05) is 17.6 Å². The van der Waals surface area contributed by atoms with Crippen LogP contribution in [0, 0.1) is 0 Å². The average Bonchev–Trinajstić information content (AvgIpc) is 3.18. The number of piperidine rings is 1. The van der Waals surface area contributed by atoms with E-state index in [1.165, 1.54) is 7.11 Å². The lowest BCUT2D eigenvalue weighted by Gasteiger charge is -2.32. The predicted molar refractivity (Wildman–Crippen MR) is 79.9 cm³/mol. The molecule has 112 valence electrons. The first kappa shape index (κ1) is 14.3. The smallest absolute Gasteiger partial charge is 0.323 e. The molecule has 0 amide bonds. The van der Waals surface area contributed by atoms with Gasteiger partial charge in [0.2, 0.25) is 0 Å².